The minimum atomic E-state index is 0.127. The van der Waals surface area contributed by atoms with Crippen LogP contribution in [0.15, 0.2) is 119 Å². The highest BCUT2D eigenvalue weighted by molar-refractivity contribution is 7.99. The largest absolute Gasteiger partial charge is 0.384 e. The maximum Gasteiger partial charge on any atom is 0.0769 e. The monoisotopic (exact) mass is 502 g/mol. The van der Waals surface area contributed by atoms with E-state index in [1.165, 1.54) is 27.1 Å². The summed E-state index contributed by atoms with van der Waals surface area (Å²) in [4.78, 5) is 12.2. The van der Waals surface area contributed by atoms with E-state index in [-0.39, 0.29) is 11.2 Å². The molecule has 0 fully saturated rings. The van der Waals surface area contributed by atoms with Gasteiger partial charge in [0.1, 0.15) is 0 Å². The molecule has 5 heteroatoms. The van der Waals surface area contributed by atoms with Crippen LogP contribution in [-0.4, -0.2) is 31.3 Å². The van der Waals surface area contributed by atoms with Crippen LogP contribution in [0.2, 0.25) is 0 Å². The number of hydrogen-bond acceptors (Lipinski definition) is 4. The lowest BCUT2D eigenvalue weighted by Crippen LogP contribution is -2.28. The molecule has 5 aromatic rings. The molecule has 1 aromatic heterocycles. The Balaban J connectivity index is 1.51. The van der Waals surface area contributed by atoms with E-state index in [2.05, 4.69) is 139 Å². The zero-order valence-corrected chi connectivity index (χ0v) is 21.9. The van der Waals surface area contributed by atoms with Crippen molar-refractivity contribution in [2.45, 2.75) is 10.1 Å². The average Bonchev–Trinajstić information content (AvgIpc) is 3.29. The highest BCUT2D eigenvalue weighted by atomic mass is 32.2. The second-order valence-corrected chi connectivity index (χ2v) is 10.8. The number of para-hydroxylation sites is 3. The predicted molar refractivity (Wildman–Crippen MR) is 159 cm³/mol. The number of nitrogens with zero attached hydrogens (tertiary/aromatic N) is 2. The molecular formula is C32H30N4S. The number of nitrogens with one attached hydrogen (secondary N) is 2. The molecule has 0 radical (unpaired) electrons. The third-order valence-corrected chi connectivity index (χ3v) is 8.43. The van der Waals surface area contributed by atoms with Crippen LogP contribution in [0.5, 0.6) is 0 Å². The van der Waals surface area contributed by atoms with Crippen LogP contribution in [0.3, 0.4) is 0 Å². The summed E-state index contributed by atoms with van der Waals surface area (Å²) in [5.74, 6) is 0.127. The Morgan fingerprint density at radius 1 is 0.838 bits per heavy atom. The molecule has 184 valence electrons. The van der Waals surface area contributed by atoms with Crippen molar-refractivity contribution in [3.05, 3.63) is 120 Å². The zero-order valence-electron chi connectivity index (χ0n) is 21.1. The Morgan fingerprint density at radius 2 is 1.57 bits per heavy atom. The van der Waals surface area contributed by atoms with E-state index in [1.807, 2.05) is 11.8 Å². The number of rotatable bonds is 6. The summed E-state index contributed by atoms with van der Waals surface area (Å²) < 4.78 is 0. The van der Waals surface area contributed by atoms with Crippen LogP contribution in [0.4, 0.5) is 17.1 Å². The van der Waals surface area contributed by atoms with Gasteiger partial charge >= 0.3 is 0 Å². The van der Waals surface area contributed by atoms with E-state index >= 15 is 0 Å². The van der Waals surface area contributed by atoms with Gasteiger partial charge in [0.15, 0.2) is 0 Å². The van der Waals surface area contributed by atoms with E-state index in [0.717, 1.165) is 29.1 Å². The van der Waals surface area contributed by atoms with Crippen LogP contribution < -0.4 is 10.2 Å². The number of thioether (sulfide) groups is 1. The Bertz CT molecular complexity index is 1540. The minimum absolute atomic E-state index is 0.127. The molecule has 4 nitrogen and oxygen atoms in total. The van der Waals surface area contributed by atoms with Gasteiger partial charge < -0.3 is 15.2 Å². The third-order valence-electron chi connectivity index (χ3n) is 6.98. The number of aromatic amines is 1. The second-order valence-electron chi connectivity index (χ2n) is 9.59. The Kier molecular flexibility index (Phi) is 6.46. The Morgan fingerprint density at radius 3 is 2.38 bits per heavy atom. The Labute approximate surface area is 222 Å². The zero-order chi connectivity index (χ0) is 25.2. The maximum atomic E-state index is 5.37. The van der Waals surface area contributed by atoms with Gasteiger partial charge in [-0.2, -0.15) is 0 Å². The molecule has 2 N–H and O–H groups in total. The van der Waals surface area contributed by atoms with Gasteiger partial charge in [-0.25, -0.2) is 0 Å². The quantitative estimate of drug-likeness (QED) is 0.248. The lowest BCUT2D eigenvalue weighted by Gasteiger charge is -2.28. The van der Waals surface area contributed by atoms with Gasteiger partial charge in [0.2, 0.25) is 0 Å². The molecule has 0 spiro atoms. The summed E-state index contributed by atoms with van der Waals surface area (Å²) in [6, 6.07) is 36.5. The number of anilines is 2. The molecule has 37 heavy (non-hydrogen) atoms. The summed E-state index contributed by atoms with van der Waals surface area (Å²) in [6.45, 7) is 0.767. The van der Waals surface area contributed by atoms with Crippen molar-refractivity contribution in [2.75, 3.05) is 30.9 Å². The summed E-state index contributed by atoms with van der Waals surface area (Å²) in [7, 11) is 4.17. The van der Waals surface area contributed by atoms with Crippen LogP contribution in [0, 0.1) is 5.92 Å². The number of benzene rings is 4. The van der Waals surface area contributed by atoms with Gasteiger partial charge in [0.25, 0.3) is 0 Å². The molecule has 0 bridgehead atoms. The van der Waals surface area contributed by atoms with Gasteiger partial charge in [-0.1, -0.05) is 60.7 Å². The fraction of sp³-hybridized carbons (Fsp3) is 0.156. The average molecular weight is 503 g/mol. The van der Waals surface area contributed by atoms with Crippen molar-refractivity contribution < 1.29 is 0 Å². The fourth-order valence-corrected chi connectivity index (χ4v) is 6.37. The number of hydrogen-bond donors (Lipinski definition) is 2. The molecule has 1 aliphatic rings. The van der Waals surface area contributed by atoms with Crippen molar-refractivity contribution in [1.82, 2.24) is 4.98 Å². The first kappa shape index (κ1) is 23.4. The molecule has 2 unspecified atom stereocenters. The summed E-state index contributed by atoms with van der Waals surface area (Å²) in [6.07, 6.45) is 2.13. The molecule has 2 atom stereocenters. The summed E-state index contributed by atoms with van der Waals surface area (Å²) in [5.41, 5.74) is 8.07. The van der Waals surface area contributed by atoms with E-state index in [0.29, 0.717) is 0 Å². The fourth-order valence-electron chi connectivity index (χ4n) is 5.02. The lowest BCUT2D eigenvalue weighted by molar-refractivity contribution is 0.709. The molecule has 0 saturated heterocycles. The van der Waals surface area contributed by atoms with E-state index in [9.17, 15) is 0 Å². The maximum absolute atomic E-state index is 5.37. The van der Waals surface area contributed by atoms with E-state index in [4.69, 9.17) is 4.99 Å². The predicted octanol–water partition coefficient (Wildman–Crippen LogP) is 7.93. The van der Waals surface area contributed by atoms with Crippen molar-refractivity contribution in [3.8, 4) is 0 Å². The number of aliphatic imine (C=N–C) groups is 1. The number of fused-ring (bicyclic) bond motifs is 2. The molecule has 0 aliphatic carbocycles. The molecular weight excluding hydrogens is 472 g/mol. The first-order valence-corrected chi connectivity index (χ1v) is 13.5. The van der Waals surface area contributed by atoms with Crippen LogP contribution in [0.1, 0.15) is 16.4 Å². The van der Waals surface area contributed by atoms with Crippen LogP contribution in [-0.2, 0) is 0 Å². The van der Waals surface area contributed by atoms with Gasteiger partial charge in [-0.15, -0.1) is 11.8 Å². The van der Waals surface area contributed by atoms with Crippen molar-refractivity contribution in [2.24, 2.45) is 10.9 Å². The second kappa shape index (κ2) is 10.2. The first-order chi connectivity index (χ1) is 18.2. The molecule has 1 aliphatic heterocycles. The van der Waals surface area contributed by atoms with Crippen molar-refractivity contribution in [1.29, 1.82) is 0 Å². The van der Waals surface area contributed by atoms with Gasteiger partial charge in [-0.3, -0.25) is 4.99 Å². The smallest absolute Gasteiger partial charge is 0.0769 e. The van der Waals surface area contributed by atoms with E-state index in [1.54, 1.807) is 0 Å². The first-order valence-electron chi connectivity index (χ1n) is 12.6. The van der Waals surface area contributed by atoms with Gasteiger partial charge in [-0.05, 0) is 48.0 Å². The van der Waals surface area contributed by atoms with Crippen molar-refractivity contribution >= 4 is 45.4 Å². The SMILES string of the molecule is CN(C)c1ccc(C2Sc3ccccc3N=C(c3c[nH]c4ccccc34)C2CNc2ccccc2)cc1. The normalized spacial score (nSPS) is 17.1. The van der Waals surface area contributed by atoms with Crippen LogP contribution >= 0.6 is 11.8 Å². The highest BCUT2D eigenvalue weighted by Crippen LogP contribution is 2.49. The lowest BCUT2D eigenvalue weighted by atomic mass is 9.89. The molecule has 6 rings (SSSR count). The molecule has 4 aromatic carbocycles. The minimum Gasteiger partial charge on any atom is -0.384 e. The highest BCUT2D eigenvalue weighted by Gasteiger charge is 2.34. The van der Waals surface area contributed by atoms with E-state index < -0.39 is 0 Å². The van der Waals surface area contributed by atoms with Gasteiger partial charge in [0, 0.05) is 70.7 Å². The summed E-state index contributed by atoms with van der Waals surface area (Å²) >= 11 is 1.92. The third kappa shape index (κ3) is 4.75. The van der Waals surface area contributed by atoms with Crippen molar-refractivity contribution in [3.63, 3.8) is 0 Å². The van der Waals surface area contributed by atoms with Gasteiger partial charge in [0.05, 0.1) is 11.4 Å². The number of aromatic nitrogens is 1. The molecule has 0 saturated carbocycles. The Hall–Kier alpha value is -3.96. The molecule has 0 amide bonds. The number of H-pyrrole nitrogens is 1. The van der Waals surface area contributed by atoms with Crippen LogP contribution in [0.25, 0.3) is 10.9 Å². The standard InChI is InChI=1S/C32H30N4S/c1-36(2)24-18-16-22(17-19-24)32-27(21-33-23-10-4-3-5-11-23)31(35-29-14-8-9-15-30(29)37-32)26-20-34-28-13-7-6-12-25(26)28/h3-20,27,32-34H,21H2,1-2H3. The molecule has 2 heterocycles. The summed E-state index contributed by atoms with van der Waals surface area (Å²) in [5, 5.41) is 5.12. The topological polar surface area (TPSA) is 43.4 Å².